The van der Waals surface area contributed by atoms with E-state index in [1.165, 1.54) is 17.9 Å². The Morgan fingerprint density at radius 3 is 2.00 bits per heavy atom. The number of hydrogen-bond acceptors (Lipinski definition) is 2. The smallest absolute Gasteiger partial charge is 0.0708 e. The van der Waals surface area contributed by atoms with Crippen molar-refractivity contribution in [1.29, 1.82) is 0 Å². The molecule has 0 aromatic carbocycles. The molecule has 1 nitrogen and oxygen atoms in total. The summed E-state index contributed by atoms with van der Waals surface area (Å²) >= 11 is 9.58. The Kier molecular flexibility index (Phi) is 14.8. The summed E-state index contributed by atoms with van der Waals surface area (Å²) in [5.41, 5.74) is 4.66. The van der Waals surface area contributed by atoms with Crippen LogP contribution in [-0.2, 0) is 30.5 Å². The summed E-state index contributed by atoms with van der Waals surface area (Å²) < 4.78 is 2.21. The van der Waals surface area contributed by atoms with Gasteiger partial charge in [0.15, 0.2) is 0 Å². The Labute approximate surface area is 64.3 Å². The zero-order valence-electron chi connectivity index (χ0n) is 4.18. The van der Waals surface area contributed by atoms with Gasteiger partial charge in [-0.1, -0.05) is 4.32 Å². The number of rotatable bonds is 0. The molecule has 0 spiro atoms. The SMILES string of the molecule is C[CH]=[Zn+].NC(=S)[S-]. The van der Waals surface area contributed by atoms with Crippen molar-refractivity contribution in [3.05, 3.63) is 0 Å². The van der Waals surface area contributed by atoms with Crippen LogP contribution in [-0.4, -0.2) is 8.93 Å². The molecule has 0 heterocycles. The fourth-order valence-electron chi connectivity index (χ4n) is 0. The van der Waals surface area contributed by atoms with Crippen molar-refractivity contribution < 1.29 is 17.9 Å². The quantitative estimate of drug-likeness (QED) is 0.330. The van der Waals surface area contributed by atoms with Gasteiger partial charge in [0.2, 0.25) is 0 Å². The summed E-state index contributed by atoms with van der Waals surface area (Å²) in [4.78, 5) is 0. The molecular weight excluding hydrogens is 180 g/mol. The van der Waals surface area contributed by atoms with E-state index in [0.717, 1.165) is 0 Å². The molecule has 0 aromatic heterocycles. The van der Waals surface area contributed by atoms with Crippen molar-refractivity contribution >= 4 is 33.8 Å². The topological polar surface area (TPSA) is 26.0 Å². The molecule has 0 saturated carbocycles. The van der Waals surface area contributed by atoms with Crippen LogP contribution in [0.3, 0.4) is 0 Å². The van der Waals surface area contributed by atoms with Crippen LogP contribution in [0.4, 0.5) is 0 Å². The van der Waals surface area contributed by atoms with Crippen molar-refractivity contribution in [2.75, 3.05) is 0 Å². The molecule has 4 heteroatoms. The van der Waals surface area contributed by atoms with Crippen molar-refractivity contribution in [1.82, 2.24) is 0 Å². The number of thiocarbonyl (C=S) groups is 1. The summed E-state index contributed by atoms with van der Waals surface area (Å²) in [5.74, 6) is 0. The van der Waals surface area contributed by atoms with Gasteiger partial charge in [0.05, 0.1) is 0 Å². The molecule has 0 saturated heterocycles. The van der Waals surface area contributed by atoms with E-state index in [1.54, 1.807) is 0 Å². The minimum Gasteiger partial charge on any atom is -0.415 e. The fourth-order valence-corrected chi connectivity index (χ4v) is 0. The molecule has 0 aliphatic rings. The predicted molar refractivity (Wildman–Crippen MR) is 35.9 cm³/mol. The van der Waals surface area contributed by atoms with Crippen LogP contribution < -0.4 is 5.73 Å². The first-order valence-electron chi connectivity index (χ1n) is 1.68. The normalized spacial score (nSPS) is 5.57. The fraction of sp³-hybridized carbons (Fsp3) is 0.333. The van der Waals surface area contributed by atoms with Gasteiger partial charge in [-0.3, -0.25) is 0 Å². The number of hydrogen-bond donors (Lipinski definition) is 1. The van der Waals surface area contributed by atoms with Gasteiger partial charge >= 0.3 is 29.4 Å². The van der Waals surface area contributed by atoms with Crippen LogP contribution >= 0.6 is 12.2 Å². The maximum absolute atomic E-state index is 4.66. The Bertz CT molecular complexity index is 60.0. The molecule has 37 valence electrons. The molecule has 0 bridgehead atoms. The molecule has 7 heavy (non-hydrogen) atoms. The van der Waals surface area contributed by atoms with Gasteiger partial charge in [0.25, 0.3) is 0 Å². The Balaban J connectivity index is 0. The molecule has 0 amide bonds. The molecule has 0 fully saturated rings. The van der Waals surface area contributed by atoms with Crippen LogP contribution in [0.2, 0.25) is 0 Å². The van der Waals surface area contributed by atoms with Crippen molar-refractivity contribution in [2.24, 2.45) is 5.73 Å². The predicted octanol–water partition coefficient (Wildman–Crippen LogP) is 0.132. The number of nitrogens with two attached hydrogens (primary N) is 1. The average molecular weight is 186 g/mol. The van der Waals surface area contributed by atoms with Crippen molar-refractivity contribution in [3.63, 3.8) is 0 Å². The van der Waals surface area contributed by atoms with E-state index in [9.17, 15) is 0 Å². The van der Waals surface area contributed by atoms with Gasteiger partial charge in [0, 0.05) is 0 Å². The molecule has 0 aromatic rings. The van der Waals surface area contributed by atoms with E-state index in [2.05, 4.69) is 42.1 Å². The van der Waals surface area contributed by atoms with Crippen LogP contribution in [0.15, 0.2) is 0 Å². The van der Waals surface area contributed by atoms with Gasteiger partial charge < -0.3 is 30.6 Å². The van der Waals surface area contributed by atoms with Crippen molar-refractivity contribution in [2.45, 2.75) is 6.92 Å². The summed E-state index contributed by atoms with van der Waals surface area (Å²) in [6.07, 6.45) is 0. The van der Waals surface area contributed by atoms with Gasteiger partial charge in [0.1, 0.15) is 0 Å². The summed E-state index contributed by atoms with van der Waals surface area (Å²) in [6, 6.07) is 0. The van der Waals surface area contributed by atoms with Crippen LogP contribution in [0.1, 0.15) is 6.92 Å². The minimum atomic E-state index is 0.0833. The van der Waals surface area contributed by atoms with Gasteiger partial charge in [-0.25, -0.2) is 0 Å². The summed E-state index contributed by atoms with van der Waals surface area (Å²) in [6.45, 7) is 2.06. The largest absolute Gasteiger partial charge is 0.415 e. The van der Waals surface area contributed by atoms with E-state index in [0.29, 0.717) is 0 Å². The second-order valence-corrected chi connectivity index (χ2v) is 3.58. The zero-order chi connectivity index (χ0) is 6.28. The maximum Gasteiger partial charge on any atom is -0.0708 e. The second kappa shape index (κ2) is 9.78. The third kappa shape index (κ3) is 384. The molecule has 2 N–H and O–H groups in total. The summed E-state index contributed by atoms with van der Waals surface area (Å²) in [5, 5.41) is 0. The van der Waals surface area contributed by atoms with E-state index >= 15 is 0 Å². The van der Waals surface area contributed by atoms with Crippen LogP contribution in [0, 0.1) is 0 Å². The van der Waals surface area contributed by atoms with Crippen LogP contribution in [0.5, 0.6) is 0 Å². The van der Waals surface area contributed by atoms with Gasteiger partial charge in [-0.05, 0) is 0 Å². The van der Waals surface area contributed by atoms with Crippen LogP contribution in [0.25, 0.3) is 0 Å². The molecule has 0 aliphatic carbocycles. The minimum absolute atomic E-state index is 0.0833. The first-order chi connectivity index (χ1) is 3.15. The Morgan fingerprint density at radius 2 is 2.00 bits per heavy atom. The van der Waals surface area contributed by atoms with E-state index < -0.39 is 0 Å². The first kappa shape index (κ1) is 10.6. The standard InChI is InChI=1S/C2H4.CH3NS2.Zn/c1-2;2-1(3)4;/h1H,2H3;(H3,2,3,4);/q;;+1/p-1. The average Bonchev–Trinajstić information content (AvgIpc) is 1.33. The Hall–Kier alpha value is 0.603. The Morgan fingerprint density at radius 1 is 2.00 bits per heavy atom. The van der Waals surface area contributed by atoms with Gasteiger partial charge in [-0.2, -0.15) is 0 Å². The zero-order valence-corrected chi connectivity index (χ0v) is 8.78. The summed E-state index contributed by atoms with van der Waals surface area (Å²) in [7, 11) is 0. The van der Waals surface area contributed by atoms with E-state index in [4.69, 9.17) is 0 Å². The van der Waals surface area contributed by atoms with Crippen molar-refractivity contribution in [3.8, 4) is 0 Å². The third-order valence-corrected chi connectivity index (χ3v) is 0. The molecule has 0 rings (SSSR count). The first-order valence-corrected chi connectivity index (χ1v) is 4.21. The van der Waals surface area contributed by atoms with E-state index in [1.807, 2.05) is 0 Å². The monoisotopic (exact) mass is 184 g/mol. The molecule has 0 aliphatic heterocycles. The third-order valence-electron chi connectivity index (χ3n) is 0. The second-order valence-electron chi connectivity index (χ2n) is 0.727. The van der Waals surface area contributed by atoms with E-state index in [-0.39, 0.29) is 4.32 Å². The molecule has 0 atom stereocenters. The molecule has 0 radical (unpaired) electrons. The molecular formula is C3H6NS2Zn. The molecule has 0 unspecified atom stereocenters. The van der Waals surface area contributed by atoms with Gasteiger partial charge in [-0.15, -0.1) is 0 Å². The maximum atomic E-state index is 4.66.